The van der Waals surface area contributed by atoms with Crippen molar-refractivity contribution in [1.29, 1.82) is 0 Å². The average Bonchev–Trinajstić information content (AvgIpc) is 3.62. The standard InChI is InChI=1S/C36H43N6O7P/c1-23-31(33(44)42(40(23)5)50(6)7)32(43)39-30-12-10-26(21-38-30)48-29-13-16-37-28-19-25(9-11-27(28)29)46-18-8-17-41(34(45)49-35(2,3)4)24-20-36(14-15-36)47-22-24/h9-13,16,19,21,24H,6,8,14-15,17-18,20,22H2,1-5,7H3/p+1. The van der Waals surface area contributed by atoms with E-state index in [-0.39, 0.29) is 34.7 Å². The van der Waals surface area contributed by atoms with Crippen LogP contribution in [0.25, 0.3) is 10.9 Å². The maximum absolute atomic E-state index is 13.1. The Hall–Kier alpha value is -4.74. The Bertz CT molecular complexity index is 1990. The molecule has 2 fully saturated rings. The van der Waals surface area contributed by atoms with Crippen LogP contribution < -0.4 is 20.3 Å². The maximum atomic E-state index is 13.1. The lowest BCUT2D eigenvalue weighted by Crippen LogP contribution is -2.44. The molecule has 14 heteroatoms. The van der Waals surface area contributed by atoms with Crippen LogP contribution in [-0.2, 0) is 16.5 Å². The lowest BCUT2D eigenvalue weighted by Gasteiger charge is -2.31. The maximum Gasteiger partial charge on any atom is 0.410 e. The number of carbonyl (C=O) groups is 2. The minimum Gasteiger partial charge on any atom is -0.493 e. The Labute approximate surface area is 291 Å². The predicted molar refractivity (Wildman–Crippen MR) is 193 cm³/mol. The van der Waals surface area contributed by atoms with Crippen LogP contribution in [0.1, 0.15) is 62.5 Å². The molecule has 6 rings (SSSR count). The molecule has 2 aliphatic rings. The first kappa shape index (κ1) is 35.1. The molecule has 0 radical (unpaired) electrons. The Morgan fingerprint density at radius 2 is 1.92 bits per heavy atom. The van der Waals surface area contributed by atoms with E-state index in [2.05, 4.69) is 21.6 Å². The number of carbonyl (C=O) groups excluding carboxylic acids is 2. The Morgan fingerprint density at radius 3 is 2.56 bits per heavy atom. The second kappa shape index (κ2) is 13.9. The van der Waals surface area contributed by atoms with Crippen LogP contribution in [0.2, 0.25) is 0 Å². The number of nitrogens with one attached hydrogen (secondary N) is 1. The summed E-state index contributed by atoms with van der Waals surface area (Å²) in [7, 11) is 0.734. The first-order valence-corrected chi connectivity index (χ1v) is 18.6. The molecule has 50 heavy (non-hydrogen) atoms. The molecule has 264 valence electrons. The van der Waals surface area contributed by atoms with E-state index in [1.165, 1.54) is 10.6 Å². The molecule has 1 saturated carbocycles. The van der Waals surface area contributed by atoms with Crippen molar-refractivity contribution in [2.24, 2.45) is 7.05 Å². The Balaban J connectivity index is 1.06. The molecule has 1 aromatic carbocycles. The van der Waals surface area contributed by atoms with Gasteiger partial charge < -0.3 is 29.2 Å². The lowest BCUT2D eigenvalue weighted by molar-refractivity contribution is 0.0129. The van der Waals surface area contributed by atoms with Crippen molar-refractivity contribution in [2.75, 3.05) is 31.7 Å². The number of pyridine rings is 2. The summed E-state index contributed by atoms with van der Waals surface area (Å²) in [5, 5.41) is 3.49. The highest BCUT2D eigenvalue weighted by Gasteiger charge is 2.52. The van der Waals surface area contributed by atoms with Gasteiger partial charge in [0.25, 0.3) is 5.91 Å². The van der Waals surface area contributed by atoms with Crippen molar-refractivity contribution in [3.63, 3.8) is 0 Å². The molecule has 4 heterocycles. The topological polar surface area (TPSA) is 139 Å². The predicted octanol–water partition coefficient (Wildman–Crippen LogP) is 6.12. The molecule has 1 N–H and O–H groups in total. The van der Waals surface area contributed by atoms with E-state index < -0.39 is 19.2 Å². The first-order chi connectivity index (χ1) is 23.7. The number of hydrogen-bond donors (Lipinski definition) is 1. The molecule has 0 bridgehead atoms. The van der Waals surface area contributed by atoms with Gasteiger partial charge in [0.15, 0.2) is 0 Å². The largest absolute Gasteiger partial charge is 0.493 e. The van der Waals surface area contributed by atoms with Crippen LogP contribution in [0.5, 0.6) is 17.2 Å². The number of fused-ring (bicyclic) bond motifs is 1. The zero-order valence-electron chi connectivity index (χ0n) is 29.4. The highest BCUT2D eigenvalue weighted by molar-refractivity contribution is 7.53. The number of aromatic nitrogens is 4. The number of nitrogens with zero attached hydrogens (tertiary/aromatic N) is 5. The summed E-state index contributed by atoms with van der Waals surface area (Å²) in [5.74, 6) is 1.43. The molecule has 4 aromatic rings. The molecule has 2 amide bonds. The van der Waals surface area contributed by atoms with Crippen molar-refractivity contribution >= 4 is 42.7 Å². The normalized spacial score (nSPS) is 16.7. The fraction of sp³-hybridized carbons (Fsp3) is 0.444. The molecule has 1 aliphatic carbocycles. The molecular weight excluding hydrogens is 659 g/mol. The van der Waals surface area contributed by atoms with Crippen LogP contribution in [0.15, 0.2) is 53.6 Å². The number of anilines is 1. The number of hydrogen-bond acceptors (Lipinski definition) is 9. The Kier molecular flexibility index (Phi) is 9.74. The van der Waals surface area contributed by atoms with E-state index in [9.17, 15) is 14.4 Å². The SMILES string of the molecule is C=[P+](C)n1c(=O)c(C(=O)Nc2ccc(Oc3ccnc4cc(OCCCN(C(=O)OC(C)(C)C)C5COC6(CC6)C5)ccc34)cn2)c(C)n1C. The minimum absolute atomic E-state index is 0.00203. The van der Waals surface area contributed by atoms with Crippen LogP contribution in [0, 0.1) is 6.92 Å². The van der Waals surface area contributed by atoms with Crippen molar-refractivity contribution in [1.82, 2.24) is 24.0 Å². The monoisotopic (exact) mass is 703 g/mol. The molecule has 1 saturated heterocycles. The third-order valence-corrected chi connectivity index (χ3v) is 9.93. The first-order valence-electron chi connectivity index (χ1n) is 16.7. The van der Waals surface area contributed by atoms with E-state index >= 15 is 0 Å². The van der Waals surface area contributed by atoms with Crippen molar-refractivity contribution in [2.45, 2.75) is 70.6 Å². The molecule has 1 aliphatic heterocycles. The zero-order valence-corrected chi connectivity index (χ0v) is 30.3. The van der Waals surface area contributed by atoms with Gasteiger partial charge in [0.1, 0.15) is 40.9 Å². The summed E-state index contributed by atoms with van der Waals surface area (Å²) in [4.78, 5) is 49.5. The van der Waals surface area contributed by atoms with E-state index in [0.717, 1.165) is 24.6 Å². The molecular formula is C36H44N6O7P+. The van der Waals surface area contributed by atoms with E-state index in [4.69, 9.17) is 18.9 Å². The number of benzene rings is 1. The van der Waals surface area contributed by atoms with Crippen LogP contribution in [-0.4, -0.2) is 86.0 Å². The van der Waals surface area contributed by atoms with E-state index in [1.54, 1.807) is 47.9 Å². The lowest BCUT2D eigenvalue weighted by atomic mass is 10.1. The molecule has 13 nitrogen and oxygen atoms in total. The number of ether oxygens (including phenoxy) is 4. The highest BCUT2D eigenvalue weighted by atomic mass is 31.1. The van der Waals surface area contributed by atoms with Crippen molar-refractivity contribution < 1.29 is 28.5 Å². The van der Waals surface area contributed by atoms with Gasteiger partial charge in [-0.2, -0.15) is 0 Å². The summed E-state index contributed by atoms with van der Waals surface area (Å²) in [5.41, 5.74) is 0.300. The fourth-order valence-corrected chi connectivity index (χ4v) is 7.12. The fourth-order valence-electron chi connectivity index (χ4n) is 6.12. The van der Waals surface area contributed by atoms with Gasteiger partial charge >= 0.3 is 11.7 Å². The Morgan fingerprint density at radius 1 is 1.16 bits per heavy atom. The van der Waals surface area contributed by atoms with E-state index in [0.29, 0.717) is 54.6 Å². The number of rotatable bonds is 11. The summed E-state index contributed by atoms with van der Waals surface area (Å²) in [6, 6.07) is 10.7. The summed E-state index contributed by atoms with van der Waals surface area (Å²) < 4.78 is 27.1. The van der Waals surface area contributed by atoms with Crippen molar-refractivity contribution in [3.8, 4) is 17.2 Å². The van der Waals surface area contributed by atoms with Gasteiger partial charge in [0, 0.05) is 31.2 Å². The molecule has 2 atom stereocenters. The van der Waals surface area contributed by atoms with Gasteiger partial charge in [-0.1, -0.05) is 4.45 Å². The van der Waals surface area contributed by atoms with E-state index in [1.807, 2.05) is 45.6 Å². The van der Waals surface area contributed by atoms with Crippen molar-refractivity contribution in [3.05, 3.63) is 70.4 Å². The second-order valence-corrected chi connectivity index (χ2v) is 15.6. The van der Waals surface area contributed by atoms with Crippen LogP contribution in [0.4, 0.5) is 10.6 Å². The highest BCUT2D eigenvalue weighted by Crippen LogP contribution is 2.48. The van der Waals surface area contributed by atoms with Gasteiger partial charge in [0.2, 0.25) is 7.70 Å². The third-order valence-electron chi connectivity index (χ3n) is 8.84. The quantitative estimate of drug-likeness (QED) is 0.145. The van der Waals surface area contributed by atoms with Gasteiger partial charge in [-0.25, -0.2) is 9.78 Å². The average molecular weight is 704 g/mol. The zero-order chi connectivity index (χ0) is 35.8. The summed E-state index contributed by atoms with van der Waals surface area (Å²) >= 11 is 0. The minimum atomic E-state index is -1.00. The second-order valence-electron chi connectivity index (χ2n) is 13.9. The number of amides is 2. The van der Waals surface area contributed by atoms with Crippen LogP contribution >= 0.6 is 7.70 Å². The molecule has 3 aromatic heterocycles. The van der Waals surface area contributed by atoms with Gasteiger partial charge in [-0.3, -0.25) is 19.3 Å². The summed E-state index contributed by atoms with van der Waals surface area (Å²) in [6.07, 6.45) is 10.4. The smallest absolute Gasteiger partial charge is 0.410 e. The van der Waals surface area contributed by atoms with Crippen LogP contribution in [0.3, 0.4) is 0 Å². The molecule has 1 spiro atoms. The molecule has 2 unspecified atom stereocenters. The summed E-state index contributed by atoms with van der Waals surface area (Å²) in [6.45, 7) is 10.6. The third kappa shape index (κ3) is 7.69. The van der Waals surface area contributed by atoms with Gasteiger partial charge in [-0.15, -0.1) is 0 Å². The van der Waals surface area contributed by atoms with Gasteiger partial charge in [-0.05, 0) is 83.7 Å². The van der Waals surface area contributed by atoms with Gasteiger partial charge in [0.05, 0.1) is 48.6 Å².